The molecule has 0 unspecified atom stereocenters. The summed E-state index contributed by atoms with van der Waals surface area (Å²) in [5, 5.41) is 12.6. The molecule has 0 aliphatic carbocycles. The maximum Gasteiger partial charge on any atom is 0.256 e. The van der Waals surface area contributed by atoms with E-state index in [4.69, 9.17) is 0 Å². The van der Waals surface area contributed by atoms with Crippen molar-refractivity contribution >= 4 is 22.5 Å². The first-order valence-electron chi connectivity index (χ1n) is 9.40. The normalized spacial score (nSPS) is 13.3. The number of carbonyl (C=O) groups is 1. The van der Waals surface area contributed by atoms with E-state index in [9.17, 15) is 9.18 Å². The average Bonchev–Trinajstić information content (AvgIpc) is 3.18. The highest BCUT2D eigenvalue weighted by atomic mass is 19.1. The number of halogens is 1. The number of hydrogen-bond acceptors (Lipinski definition) is 4. The highest BCUT2D eigenvalue weighted by molar-refractivity contribution is 6.04. The van der Waals surface area contributed by atoms with E-state index in [0.29, 0.717) is 11.4 Å². The zero-order valence-electron chi connectivity index (χ0n) is 15.5. The van der Waals surface area contributed by atoms with E-state index in [-0.39, 0.29) is 11.7 Å². The highest BCUT2D eigenvalue weighted by Gasteiger charge is 2.16. The van der Waals surface area contributed by atoms with E-state index in [1.807, 2.05) is 23.0 Å². The molecule has 2 aromatic carbocycles. The second kappa shape index (κ2) is 7.10. The number of anilines is 1. The molecule has 7 heteroatoms. The molecule has 0 bridgehead atoms. The molecule has 0 saturated carbocycles. The Hall–Kier alpha value is -3.58. The zero-order chi connectivity index (χ0) is 19.8. The van der Waals surface area contributed by atoms with Gasteiger partial charge in [-0.15, -0.1) is 0 Å². The Bertz CT molecular complexity index is 1220. The minimum Gasteiger partial charge on any atom is -0.309 e. The van der Waals surface area contributed by atoms with Crippen LogP contribution in [0.1, 0.15) is 16.1 Å². The summed E-state index contributed by atoms with van der Waals surface area (Å²) >= 11 is 0. The summed E-state index contributed by atoms with van der Waals surface area (Å²) in [5.41, 5.74) is 3.73. The minimum atomic E-state index is -0.379. The van der Waals surface area contributed by atoms with Crippen LogP contribution in [0.15, 0.2) is 60.9 Å². The van der Waals surface area contributed by atoms with Gasteiger partial charge in [0.15, 0.2) is 0 Å². The molecule has 2 aromatic heterocycles. The van der Waals surface area contributed by atoms with Gasteiger partial charge in [0.05, 0.1) is 18.4 Å². The first kappa shape index (κ1) is 17.5. The van der Waals surface area contributed by atoms with Crippen LogP contribution in [0.25, 0.3) is 21.9 Å². The third-order valence-electron chi connectivity index (χ3n) is 5.12. The smallest absolute Gasteiger partial charge is 0.256 e. The van der Waals surface area contributed by atoms with Crippen molar-refractivity contribution in [2.24, 2.45) is 0 Å². The number of pyridine rings is 1. The van der Waals surface area contributed by atoms with Crippen molar-refractivity contribution in [3.05, 3.63) is 78.0 Å². The molecular weight excluding hydrogens is 369 g/mol. The van der Waals surface area contributed by atoms with Gasteiger partial charge in [-0.25, -0.2) is 9.37 Å². The molecule has 1 aliphatic heterocycles. The van der Waals surface area contributed by atoms with Crippen LogP contribution in [0.5, 0.6) is 0 Å². The van der Waals surface area contributed by atoms with Crippen LogP contribution in [0.4, 0.5) is 10.2 Å². The number of nitrogens with zero attached hydrogens (tertiary/aromatic N) is 3. The summed E-state index contributed by atoms with van der Waals surface area (Å²) in [7, 11) is 0. The van der Waals surface area contributed by atoms with Crippen molar-refractivity contribution in [1.29, 1.82) is 0 Å². The molecule has 1 amide bonds. The van der Waals surface area contributed by atoms with E-state index >= 15 is 0 Å². The molecule has 0 spiro atoms. The van der Waals surface area contributed by atoms with Crippen molar-refractivity contribution in [2.45, 2.75) is 13.1 Å². The van der Waals surface area contributed by atoms with Crippen molar-refractivity contribution in [2.75, 3.05) is 11.9 Å². The first-order chi connectivity index (χ1) is 14.2. The zero-order valence-corrected chi connectivity index (χ0v) is 15.5. The Morgan fingerprint density at radius 1 is 1.07 bits per heavy atom. The van der Waals surface area contributed by atoms with E-state index in [1.165, 1.54) is 30.0 Å². The third kappa shape index (κ3) is 3.36. The molecule has 29 heavy (non-hydrogen) atoms. The summed E-state index contributed by atoms with van der Waals surface area (Å²) in [4.78, 5) is 16.7. The number of hydrogen-bond donors (Lipinski definition) is 2. The molecule has 0 radical (unpaired) electrons. The van der Waals surface area contributed by atoms with Gasteiger partial charge in [0.1, 0.15) is 11.6 Å². The van der Waals surface area contributed by atoms with Gasteiger partial charge in [-0.05, 0) is 47.3 Å². The Morgan fingerprint density at radius 2 is 1.93 bits per heavy atom. The van der Waals surface area contributed by atoms with Crippen LogP contribution in [0, 0.1) is 5.82 Å². The molecule has 4 aromatic rings. The van der Waals surface area contributed by atoms with Crippen molar-refractivity contribution in [3.8, 4) is 11.1 Å². The largest absolute Gasteiger partial charge is 0.309 e. The van der Waals surface area contributed by atoms with Gasteiger partial charge < -0.3 is 10.6 Å². The Kier molecular flexibility index (Phi) is 4.29. The fraction of sp³-hybridized carbons (Fsp3) is 0.136. The lowest BCUT2D eigenvalue weighted by molar-refractivity contribution is 0.102. The maximum atomic E-state index is 13.1. The van der Waals surface area contributed by atoms with Crippen molar-refractivity contribution < 1.29 is 9.18 Å². The molecule has 2 N–H and O–H groups in total. The molecule has 0 fully saturated rings. The quantitative estimate of drug-likeness (QED) is 0.564. The second-order valence-corrected chi connectivity index (χ2v) is 7.00. The highest BCUT2D eigenvalue weighted by Crippen LogP contribution is 2.28. The van der Waals surface area contributed by atoms with Gasteiger partial charge >= 0.3 is 0 Å². The molecule has 144 valence electrons. The third-order valence-corrected chi connectivity index (χ3v) is 5.12. The van der Waals surface area contributed by atoms with Gasteiger partial charge in [-0.3, -0.25) is 9.48 Å². The standard InChI is InChI=1S/C22H18FN5O/c23-18-5-3-14(4-6-18)22(29)27-21-10-17-9-15(1-2-16(17)11-25-21)19-12-26-28-8-7-24-13-20(19)28/h1-6,9-12,24H,7-8,13H2,(H,25,27,29). The van der Waals surface area contributed by atoms with Crippen LogP contribution in [-0.4, -0.2) is 27.2 Å². The molecule has 6 nitrogen and oxygen atoms in total. The average molecular weight is 387 g/mol. The Morgan fingerprint density at radius 3 is 2.79 bits per heavy atom. The van der Waals surface area contributed by atoms with E-state index in [1.54, 1.807) is 6.20 Å². The summed E-state index contributed by atoms with van der Waals surface area (Å²) in [6.07, 6.45) is 3.64. The van der Waals surface area contributed by atoms with Crippen LogP contribution in [0.2, 0.25) is 0 Å². The SMILES string of the molecule is O=C(Nc1cc2cc(-c3cnn4c3CNCC4)ccc2cn1)c1ccc(F)cc1. The fourth-order valence-corrected chi connectivity index (χ4v) is 3.59. The monoisotopic (exact) mass is 387 g/mol. The number of fused-ring (bicyclic) bond motifs is 2. The maximum absolute atomic E-state index is 13.1. The van der Waals surface area contributed by atoms with Gasteiger partial charge in [0, 0.05) is 35.8 Å². The first-order valence-corrected chi connectivity index (χ1v) is 9.40. The van der Waals surface area contributed by atoms with Gasteiger partial charge in [-0.1, -0.05) is 12.1 Å². The molecule has 5 rings (SSSR count). The molecule has 3 heterocycles. The Balaban J connectivity index is 1.46. The minimum absolute atomic E-state index is 0.329. The van der Waals surface area contributed by atoms with Crippen LogP contribution >= 0.6 is 0 Å². The van der Waals surface area contributed by atoms with Crippen LogP contribution < -0.4 is 10.6 Å². The van der Waals surface area contributed by atoms with Crippen LogP contribution in [0.3, 0.4) is 0 Å². The van der Waals surface area contributed by atoms with Gasteiger partial charge in [0.2, 0.25) is 0 Å². The van der Waals surface area contributed by atoms with E-state index in [0.717, 1.165) is 41.5 Å². The summed E-state index contributed by atoms with van der Waals surface area (Å²) in [6.45, 7) is 2.59. The Labute approximate surface area is 166 Å². The van der Waals surface area contributed by atoms with Gasteiger partial charge in [-0.2, -0.15) is 5.10 Å². The topological polar surface area (TPSA) is 71.8 Å². The lowest BCUT2D eigenvalue weighted by Gasteiger charge is -2.16. The predicted molar refractivity (Wildman–Crippen MR) is 109 cm³/mol. The number of aromatic nitrogens is 3. The molecule has 0 saturated heterocycles. The predicted octanol–water partition coefficient (Wildman–Crippen LogP) is 3.59. The number of nitrogens with one attached hydrogen (secondary N) is 2. The summed E-state index contributed by atoms with van der Waals surface area (Å²) in [5.74, 6) is -0.261. The lowest BCUT2D eigenvalue weighted by atomic mass is 10.0. The lowest BCUT2D eigenvalue weighted by Crippen LogP contribution is -2.28. The summed E-state index contributed by atoms with van der Waals surface area (Å²) in [6, 6.07) is 13.4. The number of rotatable bonds is 3. The fourth-order valence-electron chi connectivity index (χ4n) is 3.59. The number of benzene rings is 2. The second-order valence-electron chi connectivity index (χ2n) is 7.00. The van der Waals surface area contributed by atoms with Crippen molar-refractivity contribution in [3.63, 3.8) is 0 Å². The number of amides is 1. The summed E-state index contributed by atoms with van der Waals surface area (Å²) < 4.78 is 15.1. The van der Waals surface area contributed by atoms with E-state index in [2.05, 4.69) is 32.8 Å². The van der Waals surface area contributed by atoms with E-state index < -0.39 is 0 Å². The van der Waals surface area contributed by atoms with Crippen molar-refractivity contribution in [1.82, 2.24) is 20.1 Å². The molecule has 1 aliphatic rings. The molecular formula is C22H18FN5O. The molecule has 0 atom stereocenters. The van der Waals surface area contributed by atoms with Gasteiger partial charge in [0.25, 0.3) is 5.91 Å². The number of carbonyl (C=O) groups excluding carboxylic acids is 1. The van der Waals surface area contributed by atoms with Crippen LogP contribution in [-0.2, 0) is 13.1 Å².